The highest BCUT2D eigenvalue weighted by Crippen LogP contribution is 2.28. The third-order valence-electron chi connectivity index (χ3n) is 2.71. The Bertz CT molecular complexity index is 635. The second-order valence-corrected chi connectivity index (χ2v) is 5.06. The molecule has 0 unspecified atom stereocenters. The average Bonchev–Trinajstić information content (AvgIpc) is 2.85. The number of hydrogen-bond donors (Lipinski definition) is 1. The second-order valence-electron chi connectivity index (χ2n) is 4.12. The van der Waals surface area contributed by atoms with Crippen LogP contribution in [0.1, 0.15) is 5.82 Å². The van der Waals surface area contributed by atoms with Gasteiger partial charge in [-0.1, -0.05) is 11.8 Å². The van der Waals surface area contributed by atoms with Crippen molar-refractivity contribution < 1.29 is 19.4 Å². The molecular weight excluding hydrogens is 294 g/mol. The number of rotatable bonds is 6. The number of carboxylic acids is 1. The van der Waals surface area contributed by atoms with Crippen LogP contribution in [-0.2, 0) is 4.79 Å². The first-order valence-corrected chi connectivity index (χ1v) is 7.03. The predicted octanol–water partition coefficient (Wildman–Crippen LogP) is 1.77. The second kappa shape index (κ2) is 6.49. The number of aryl methyl sites for hydroxylation is 1. The van der Waals surface area contributed by atoms with Crippen molar-refractivity contribution in [1.82, 2.24) is 14.8 Å². The molecule has 1 aromatic heterocycles. The third kappa shape index (κ3) is 3.46. The van der Waals surface area contributed by atoms with Gasteiger partial charge in [0, 0.05) is 18.2 Å². The van der Waals surface area contributed by atoms with E-state index in [4.69, 9.17) is 14.6 Å². The standard InChI is InChI=1S/C13H15N3O4S/c1-8-14-15-13(21-7-12(17)18)16(8)9-4-10(19-2)6-11(5-9)20-3/h4-6H,7H2,1-3H3,(H,17,18). The number of aromatic nitrogens is 3. The van der Waals surface area contributed by atoms with Crippen LogP contribution in [-0.4, -0.2) is 45.8 Å². The molecule has 0 aliphatic rings. The van der Waals surface area contributed by atoms with Gasteiger partial charge in [-0.3, -0.25) is 9.36 Å². The van der Waals surface area contributed by atoms with Gasteiger partial charge in [0.05, 0.1) is 25.7 Å². The number of benzene rings is 1. The van der Waals surface area contributed by atoms with Gasteiger partial charge in [-0.15, -0.1) is 10.2 Å². The van der Waals surface area contributed by atoms with Crippen LogP contribution in [0.25, 0.3) is 5.69 Å². The Balaban J connectivity index is 2.45. The Morgan fingerprint density at radius 3 is 2.38 bits per heavy atom. The Kier molecular flexibility index (Phi) is 4.69. The number of thioether (sulfide) groups is 1. The smallest absolute Gasteiger partial charge is 0.313 e. The average molecular weight is 309 g/mol. The van der Waals surface area contributed by atoms with E-state index >= 15 is 0 Å². The highest BCUT2D eigenvalue weighted by Gasteiger charge is 2.14. The molecule has 0 fully saturated rings. The minimum absolute atomic E-state index is 0.0841. The summed E-state index contributed by atoms with van der Waals surface area (Å²) in [6, 6.07) is 5.38. The van der Waals surface area contributed by atoms with Crippen LogP contribution in [0.3, 0.4) is 0 Å². The van der Waals surface area contributed by atoms with Crippen LogP contribution in [0.5, 0.6) is 11.5 Å². The largest absolute Gasteiger partial charge is 0.497 e. The zero-order valence-electron chi connectivity index (χ0n) is 11.9. The molecule has 112 valence electrons. The van der Waals surface area contributed by atoms with Gasteiger partial charge in [-0.05, 0) is 6.92 Å². The summed E-state index contributed by atoms with van der Waals surface area (Å²) in [5.74, 6) is 0.922. The van der Waals surface area contributed by atoms with Crippen LogP contribution in [0.4, 0.5) is 0 Å². The third-order valence-corrected chi connectivity index (χ3v) is 3.63. The van der Waals surface area contributed by atoms with Crippen molar-refractivity contribution in [3.8, 4) is 17.2 Å². The number of aliphatic carboxylic acids is 1. The molecular formula is C13H15N3O4S. The first kappa shape index (κ1) is 15.2. The molecule has 2 rings (SSSR count). The molecule has 1 N–H and O–H groups in total. The van der Waals surface area contributed by atoms with Crippen LogP contribution < -0.4 is 9.47 Å². The summed E-state index contributed by atoms with van der Waals surface area (Å²) in [4.78, 5) is 10.7. The van der Waals surface area contributed by atoms with Crippen molar-refractivity contribution in [3.05, 3.63) is 24.0 Å². The molecule has 0 aliphatic heterocycles. The van der Waals surface area contributed by atoms with Crippen molar-refractivity contribution in [1.29, 1.82) is 0 Å². The van der Waals surface area contributed by atoms with E-state index in [2.05, 4.69) is 10.2 Å². The number of methoxy groups -OCH3 is 2. The molecule has 7 nitrogen and oxygen atoms in total. The molecule has 1 aromatic carbocycles. The fourth-order valence-corrected chi connectivity index (χ4v) is 2.50. The van der Waals surface area contributed by atoms with E-state index in [0.717, 1.165) is 17.4 Å². The minimum atomic E-state index is -0.907. The molecule has 0 spiro atoms. The van der Waals surface area contributed by atoms with Crippen molar-refractivity contribution in [2.24, 2.45) is 0 Å². The fourth-order valence-electron chi connectivity index (χ4n) is 1.78. The van der Waals surface area contributed by atoms with E-state index in [1.54, 1.807) is 31.8 Å². The van der Waals surface area contributed by atoms with E-state index in [9.17, 15) is 4.79 Å². The van der Waals surface area contributed by atoms with Crippen molar-refractivity contribution >= 4 is 17.7 Å². The summed E-state index contributed by atoms with van der Waals surface area (Å²) < 4.78 is 12.2. The van der Waals surface area contributed by atoms with E-state index < -0.39 is 5.97 Å². The van der Waals surface area contributed by atoms with Gasteiger partial charge in [0.1, 0.15) is 17.3 Å². The Morgan fingerprint density at radius 2 is 1.86 bits per heavy atom. The number of hydrogen-bond acceptors (Lipinski definition) is 6. The first-order chi connectivity index (χ1) is 10.0. The van der Waals surface area contributed by atoms with Gasteiger partial charge in [0.2, 0.25) is 0 Å². The number of carboxylic acid groups (broad SMARTS) is 1. The molecule has 8 heteroatoms. The maximum absolute atomic E-state index is 10.7. The molecule has 2 aromatic rings. The molecule has 0 amide bonds. The van der Waals surface area contributed by atoms with Gasteiger partial charge < -0.3 is 14.6 Å². The molecule has 0 saturated heterocycles. The SMILES string of the molecule is COc1cc(OC)cc(-n2c(C)nnc2SCC(=O)O)c1. The first-order valence-electron chi connectivity index (χ1n) is 6.05. The summed E-state index contributed by atoms with van der Waals surface area (Å²) >= 11 is 1.11. The molecule has 0 radical (unpaired) electrons. The molecule has 0 saturated carbocycles. The summed E-state index contributed by atoms with van der Waals surface area (Å²) in [7, 11) is 3.13. The number of carbonyl (C=O) groups is 1. The lowest BCUT2D eigenvalue weighted by Gasteiger charge is -2.11. The van der Waals surface area contributed by atoms with E-state index in [-0.39, 0.29) is 5.75 Å². The summed E-state index contributed by atoms with van der Waals surface area (Å²) in [6.07, 6.45) is 0. The molecule has 21 heavy (non-hydrogen) atoms. The maximum Gasteiger partial charge on any atom is 0.313 e. The minimum Gasteiger partial charge on any atom is -0.497 e. The Hall–Kier alpha value is -2.22. The van der Waals surface area contributed by atoms with Crippen molar-refractivity contribution in [2.75, 3.05) is 20.0 Å². The van der Waals surface area contributed by atoms with E-state index in [1.807, 2.05) is 12.1 Å². The van der Waals surface area contributed by atoms with Gasteiger partial charge in [0.25, 0.3) is 0 Å². The lowest BCUT2D eigenvalue weighted by molar-refractivity contribution is -0.133. The predicted molar refractivity (Wildman–Crippen MR) is 77.6 cm³/mol. The van der Waals surface area contributed by atoms with Crippen molar-refractivity contribution in [3.63, 3.8) is 0 Å². The summed E-state index contributed by atoms with van der Waals surface area (Å²) in [5, 5.41) is 17.3. The summed E-state index contributed by atoms with van der Waals surface area (Å²) in [6.45, 7) is 1.80. The van der Waals surface area contributed by atoms with Crippen molar-refractivity contribution in [2.45, 2.75) is 12.1 Å². The highest BCUT2D eigenvalue weighted by atomic mass is 32.2. The lowest BCUT2D eigenvalue weighted by Crippen LogP contribution is -2.03. The van der Waals surface area contributed by atoms with Crippen LogP contribution in [0.2, 0.25) is 0 Å². The molecule has 0 atom stereocenters. The molecule has 1 heterocycles. The van der Waals surface area contributed by atoms with E-state index in [1.165, 1.54) is 0 Å². The monoisotopic (exact) mass is 309 g/mol. The van der Waals surface area contributed by atoms with Crippen LogP contribution in [0.15, 0.2) is 23.4 Å². The lowest BCUT2D eigenvalue weighted by atomic mass is 10.2. The fraction of sp³-hybridized carbons (Fsp3) is 0.308. The quantitative estimate of drug-likeness (QED) is 0.814. The zero-order chi connectivity index (χ0) is 15.4. The summed E-state index contributed by atoms with van der Waals surface area (Å²) in [5.41, 5.74) is 0.751. The Morgan fingerprint density at radius 1 is 1.24 bits per heavy atom. The van der Waals surface area contributed by atoms with Crippen LogP contribution >= 0.6 is 11.8 Å². The molecule has 0 bridgehead atoms. The Labute approximate surface area is 125 Å². The number of ether oxygens (including phenoxy) is 2. The highest BCUT2D eigenvalue weighted by molar-refractivity contribution is 7.99. The van der Waals surface area contributed by atoms with Gasteiger partial charge in [0.15, 0.2) is 5.16 Å². The van der Waals surface area contributed by atoms with Gasteiger partial charge in [-0.25, -0.2) is 0 Å². The normalized spacial score (nSPS) is 10.4. The number of nitrogens with zero attached hydrogens (tertiary/aromatic N) is 3. The van der Waals surface area contributed by atoms with Gasteiger partial charge in [-0.2, -0.15) is 0 Å². The van der Waals surface area contributed by atoms with Gasteiger partial charge >= 0.3 is 5.97 Å². The van der Waals surface area contributed by atoms with E-state index in [0.29, 0.717) is 22.5 Å². The van der Waals surface area contributed by atoms with Crippen LogP contribution in [0, 0.1) is 6.92 Å². The zero-order valence-corrected chi connectivity index (χ0v) is 12.7. The molecule has 0 aliphatic carbocycles. The topological polar surface area (TPSA) is 86.5 Å². The maximum atomic E-state index is 10.7.